The van der Waals surface area contributed by atoms with Crippen LogP contribution in [0.25, 0.3) is 0 Å². The lowest BCUT2D eigenvalue weighted by atomic mass is 10.1. The van der Waals surface area contributed by atoms with Gasteiger partial charge in [-0.3, -0.25) is 0 Å². The Morgan fingerprint density at radius 1 is 1.50 bits per heavy atom. The third-order valence-electron chi connectivity index (χ3n) is 3.16. The molecule has 1 unspecified atom stereocenters. The molecule has 2 rings (SSSR count). The third kappa shape index (κ3) is 3.54. The standard InChI is InChI=1S/C12H17BrN2O2S/c1-15-6-5-10(9-15)8-14-18(16,17)12-4-2-3-11(13)7-12/h2-4,7,10,14H,5-6,8-9H2,1H3. The Hall–Kier alpha value is -0.430. The van der Waals surface area contributed by atoms with Crippen molar-refractivity contribution in [2.24, 2.45) is 5.92 Å². The van der Waals surface area contributed by atoms with Crippen molar-refractivity contribution in [1.82, 2.24) is 9.62 Å². The maximum Gasteiger partial charge on any atom is 0.240 e. The summed E-state index contributed by atoms with van der Waals surface area (Å²) in [5.41, 5.74) is 0. The van der Waals surface area contributed by atoms with E-state index in [-0.39, 0.29) is 0 Å². The van der Waals surface area contributed by atoms with E-state index >= 15 is 0 Å². The van der Waals surface area contributed by atoms with Crippen molar-refractivity contribution >= 4 is 26.0 Å². The highest BCUT2D eigenvalue weighted by Gasteiger charge is 2.22. The summed E-state index contributed by atoms with van der Waals surface area (Å²) in [7, 11) is -1.33. The zero-order chi connectivity index (χ0) is 13.2. The van der Waals surface area contributed by atoms with Crippen molar-refractivity contribution in [3.8, 4) is 0 Å². The molecule has 6 heteroatoms. The van der Waals surface area contributed by atoms with E-state index in [0.717, 1.165) is 24.0 Å². The molecule has 0 amide bonds. The Bertz CT molecular complexity index is 519. The van der Waals surface area contributed by atoms with Gasteiger partial charge in [0.1, 0.15) is 0 Å². The number of nitrogens with one attached hydrogen (secondary N) is 1. The second-order valence-electron chi connectivity index (χ2n) is 4.73. The molecule has 1 aromatic carbocycles. The zero-order valence-electron chi connectivity index (χ0n) is 10.3. The molecule has 1 saturated heterocycles. The predicted octanol–water partition coefficient (Wildman–Crippen LogP) is 1.68. The summed E-state index contributed by atoms with van der Waals surface area (Å²) in [5.74, 6) is 0.414. The molecule has 1 N–H and O–H groups in total. The molecule has 0 spiro atoms. The van der Waals surface area contributed by atoms with Gasteiger partial charge in [-0.25, -0.2) is 13.1 Å². The number of sulfonamides is 1. The van der Waals surface area contributed by atoms with Crippen molar-refractivity contribution in [2.45, 2.75) is 11.3 Å². The van der Waals surface area contributed by atoms with Gasteiger partial charge in [0.25, 0.3) is 0 Å². The third-order valence-corrected chi connectivity index (χ3v) is 5.07. The normalized spacial score (nSPS) is 21.3. The second kappa shape index (κ2) is 5.69. The lowest BCUT2D eigenvalue weighted by molar-refractivity contribution is 0.394. The minimum absolute atomic E-state index is 0.309. The smallest absolute Gasteiger partial charge is 0.240 e. The van der Waals surface area contributed by atoms with Gasteiger partial charge < -0.3 is 4.90 Å². The molecule has 0 bridgehead atoms. The summed E-state index contributed by atoms with van der Waals surface area (Å²) in [4.78, 5) is 2.53. The van der Waals surface area contributed by atoms with Crippen molar-refractivity contribution in [3.05, 3.63) is 28.7 Å². The van der Waals surface area contributed by atoms with E-state index in [0.29, 0.717) is 17.4 Å². The van der Waals surface area contributed by atoms with Crippen LogP contribution in [-0.4, -0.2) is 40.0 Å². The van der Waals surface area contributed by atoms with Gasteiger partial charge in [0, 0.05) is 17.6 Å². The van der Waals surface area contributed by atoms with Gasteiger partial charge in [0.05, 0.1) is 4.90 Å². The van der Waals surface area contributed by atoms with Crippen LogP contribution < -0.4 is 4.72 Å². The molecular weight excluding hydrogens is 316 g/mol. The van der Waals surface area contributed by atoms with Gasteiger partial charge in [-0.2, -0.15) is 0 Å². The van der Waals surface area contributed by atoms with Gasteiger partial charge in [-0.15, -0.1) is 0 Å². The molecule has 0 aromatic heterocycles. The zero-order valence-corrected chi connectivity index (χ0v) is 12.7. The molecule has 1 atom stereocenters. The Morgan fingerprint density at radius 2 is 2.28 bits per heavy atom. The maximum atomic E-state index is 12.1. The molecule has 18 heavy (non-hydrogen) atoms. The van der Waals surface area contributed by atoms with Crippen LogP contribution in [0.15, 0.2) is 33.6 Å². The second-order valence-corrected chi connectivity index (χ2v) is 7.41. The lowest BCUT2D eigenvalue weighted by Crippen LogP contribution is -2.30. The van der Waals surface area contributed by atoms with Crippen LogP contribution in [-0.2, 0) is 10.0 Å². The number of nitrogens with zero attached hydrogens (tertiary/aromatic N) is 1. The average molecular weight is 333 g/mol. The van der Waals surface area contributed by atoms with Crippen LogP contribution >= 0.6 is 15.9 Å². The summed E-state index contributed by atoms with van der Waals surface area (Å²) < 4.78 is 27.6. The van der Waals surface area contributed by atoms with E-state index in [1.807, 2.05) is 6.07 Å². The summed E-state index contributed by atoms with van der Waals surface area (Å²) >= 11 is 3.28. The van der Waals surface area contributed by atoms with Crippen molar-refractivity contribution in [3.63, 3.8) is 0 Å². The molecule has 0 saturated carbocycles. The first-order valence-corrected chi connectivity index (χ1v) is 8.19. The van der Waals surface area contributed by atoms with Crippen LogP contribution in [0.5, 0.6) is 0 Å². The molecule has 100 valence electrons. The number of hydrogen-bond donors (Lipinski definition) is 1. The number of likely N-dealkylation sites (tertiary alicyclic amines) is 1. The van der Waals surface area contributed by atoms with Crippen molar-refractivity contribution in [1.29, 1.82) is 0 Å². The number of hydrogen-bond acceptors (Lipinski definition) is 3. The Morgan fingerprint density at radius 3 is 2.89 bits per heavy atom. The Balaban J connectivity index is 1.99. The van der Waals surface area contributed by atoms with E-state index in [1.54, 1.807) is 18.2 Å². The molecule has 4 nitrogen and oxygen atoms in total. The van der Waals surface area contributed by atoms with Gasteiger partial charge >= 0.3 is 0 Å². The summed E-state index contributed by atoms with van der Waals surface area (Å²) in [6, 6.07) is 6.75. The largest absolute Gasteiger partial charge is 0.306 e. The summed E-state index contributed by atoms with van der Waals surface area (Å²) in [6.07, 6.45) is 1.05. The van der Waals surface area contributed by atoms with Crippen molar-refractivity contribution in [2.75, 3.05) is 26.7 Å². The summed E-state index contributed by atoms with van der Waals surface area (Å²) in [6.45, 7) is 2.52. The van der Waals surface area contributed by atoms with Gasteiger partial charge in [0.15, 0.2) is 0 Å². The Kier molecular flexibility index (Phi) is 4.42. The monoisotopic (exact) mass is 332 g/mol. The van der Waals surface area contributed by atoms with E-state index in [2.05, 4.69) is 32.6 Å². The number of halogens is 1. The fourth-order valence-electron chi connectivity index (χ4n) is 2.14. The first kappa shape index (κ1) is 14.0. The van der Waals surface area contributed by atoms with E-state index < -0.39 is 10.0 Å². The van der Waals surface area contributed by atoms with Crippen LogP contribution in [0.1, 0.15) is 6.42 Å². The van der Waals surface area contributed by atoms with Crippen LogP contribution in [0, 0.1) is 5.92 Å². The number of benzene rings is 1. The minimum Gasteiger partial charge on any atom is -0.306 e. The van der Waals surface area contributed by atoms with Crippen LogP contribution in [0.3, 0.4) is 0 Å². The SMILES string of the molecule is CN1CCC(CNS(=O)(=O)c2cccc(Br)c2)C1. The molecule has 1 heterocycles. The fraction of sp³-hybridized carbons (Fsp3) is 0.500. The highest BCUT2D eigenvalue weighted by Crippen LogP contribution is 2.17. The fourth-order valence-corrected chi connectivity index (χ4v) is 3.85. The van der Waals surface area contributed by atoms with Gasteiger partial charge in [-0.1, -0.05) is 22.0 Å². The van der Waals surface area contributed by atoms with Gasteiger partial charge in [0.2, 0.25) is 10.0 Å². The highest BCUT2D eigenvalue weighted by molar-refractivity contribution is 9.10. The first-order valence-electron chi connectivity index (χ1n) is 5.91. The maximum absolute atomic E-state index is 12.1. The minimum atomic E-state index is -3.39. The Labute approximate surface area is 117 Å². The summed E-state index contributed by atoms with van der Waals surface area (Å²) in [5, 5.41) is 0. The van der Waals surface area contributed by atoms with E-state index in [9.17, 15) is 8.42 Å². The van der Waals surface area contributed by atoms with E-state index in [1.165, 1.54) is 0 Å². The molecule has 0 aliphatic carbocycles. The molecule has 1 aromatic rings. The number of rotatable bonds is 4. The van der Waals surface area contributed by atoms with Crippen LogP contribution in [0.4, 0.5) is 0 Å². The molecule has 1 aliphatic rings. The van der Waals surface area contributed by atoms with Crippen LogP contribution in [0.2, 0.25) is 0 Å². The van der Waals surface area contributed by atoms with Crippen molar-refractivity contribution < 1.29 is 8.42 Å². The average Bonchev–Trinajstić information content (AvgIpc) is 2.73. The lowest BCUT2D eigenvalue weighted by Gasteiger charge is -2.12. The first-order chi connectivity index (χ1) is 8.47. The molecular formula is C12H17BrN2O2S. The van der Waals surface area contributed by atoms with Gasteiger partial charge in [-0.05, 0) is 44.1 Å². The molecule has 1 fully saturated rings. The molecule has 1 aliphatic heterocycles. The topological polar surface area (TPSA) is 49.4 Å². The highest BCUT2D eigenvalue weighted by atomic mass is 79.9. The molecule has 0 radical (unpaired) electrons. The predicted molar refractivity (Wildman–Crippen MR) is 74.9 cm³/mol. The van der Waals surface area contributed by atoms with E-state index in [4.69, 9.17) is 0 Å². The quantitative estimate of drug-likeness (QED) is 0.912.